The van der Waals surface area contributed by atoms with Gasteiger partial charge in [0.15, 0.2) is 0 Å². The Bertz CT molecular complexity index is 396. The van der Waals surface area contributed by atoms with Crippen LogP contribution in [-0.2, 0) is 10.2 Å². The van der Waals surface area contributed by atoms with Crippen molar-refractivity contribution in [3.63, 3.8) is 0 Å². The number of aliphatic hydroxyl groups is 1. The average molecular weight is 276 g/mol. The molecule has 2 rings (SSSR count). The third-order valence-corrected chi connectivity index (χ3v) is 4.20. The Hall–Kier alpha value is -0.860. The van der Waals surface area contributed by atoms with Gasteiger partial charge in [0.1, 0.15) is 6.10 Å². The zero-order chi connectivity index (χ0) is 14.6. The molecule has 0 heterocycles. The van der Waals surface area contributed by atoms with Gasteiger partial charge in [-0.15, -0.1) is 0 Å². The van der Waals surface area contributed by atoms with Gasteiger partial charge in [-0.1, -0.05) is 64.3 Å². The van der Waals surface area contributed by atoms with E-state index in [-0.39, 0.29) is 5.41 Å². The van der Waals surface area contributed by atoms with Gasteiger partial charge in [-0.2, -0.15) is 0 Å². The molecule has 1 aromatic rings. The Morgan fingerprint density at radius 2 is 1.70 bits per heavy atom. The number of rotatable bonds is 4. The maximum absolute atomic E-state index is 10.2. The molecule has 20 heavy (non-hydrogen) atoms. The van der Waals surface area contributed by atoms with E-state index in [0.29, 0.717) is 12.7 Å². The molecular weight excluding hydrogens is 248 g/mol. The fraction of sp³-hybridized carbons (Fsp3) is 0.667. The van der Waals surface area contributed by atoms with E-state index in [4.69, 9.17) is 4.74 Å². The molecule has 0 saturated heterocycles. The van der Waals surface area contributed by atoms with Crippen molar-refractivity contribution in [3.8, 4) is 0 Å². The van der Waals surface area contributed by atoms with Crippen molar-refractivity contribution in [2.24, 2.45) is 0 Å². The number of hydrogen-bond donors (Lipinski definition) is 1. The topological polar surface area (TPSA) is 29.5 Å². The lowest BCUT2D eigenvalue weighted by Gasteiger charge is -2.24. The molecule has 1 aliphatic carbocycles. The van der Waals surface area contributed by atoms with Crippen LogP contribution < -0.4 is 0 Å². The molecule has 2 heteroatoms. The Kier molecular flexibility index (Phi) is 5.22. The lowest BCUT2D eigenvalue weighted by Crippen LogP contribution is -2.20. The van der Waals surface area contributed by atoms with Crippen LogP contribution >= 0.6 is 0 Å². The highest BCUT2D eigenvalue weighted by molar-refractivity contribution is 5.28. The summed E-state index contributed by atoms with van der Waals surface area (Å²) in [4.78, 5) is 0. The summed E-state index contributed by atoms with van der Waals surface area (Å²) >= 11 is 0. The van der Waals surface area contributed by atoms with E-state index in [9.17, 15) is 5.11 Å². The van der Waals surface area contributed by atoms with Crippen LogP contribution in [0.15, 0.2) is 24.3 Å². The summed E-state index contributed by atoms with van der Waals surface area (Å²) in [5, 5.41) is 10.2. The second-order valence-electron chi connectivity index (χ2n) is 6.98. The van der Waals surface area contributed by atoms with Crippen LogP contribution in [0.4, 0.5) is 0 Å². The second kappa shape index (κ2) is 6.73. The van der Waals surface area contributed by atoms with E-state index in [1.165, 1.54) is 24.8 Å². The predicted octanol–water partition coefficient (Wildman–Crippen LogP) is 4.37. The van der Waals surface area contributed by atoms with Crippen molar-refractivity contribution in [1.29, 1.82) is 0 Å². The number of hydrogen-bond acceptors (Lipinski definition) is 2. The van der Waals surface area contributed by atoms with Crippen molar-refractivity contribution >= 4 is 0 Å². The molecule has 1 fully saturated rings. The highest BCUT2D eigenvalue weighted by Crippen LogP contribution is 2.25. The molecule has 1 N–H and O–H groups in total. The van der Waals surface area contributed by atoms with Gasteiger partial charge in [0.25, 0.3) is 0 Å². The highest BCUT2D eigenvalue weighted by atomic mass is 16.5. The van der Waals surface area contributed by atoms with Gasteiger partial charge < -0.3 is 9.84 Å². The lowest BCUT2D eigenvalue weighted by molar-refractivity contribution is -0.0245. The molecule has 0 bridgehead atoms. The summed E-state index contributed by atoms with van der Waals surface area (Å²) in [6.45, 7) is 7.01. The van der Waals surface area contributed by atoms with Gasteiger partial charge >= 0.3 is 0 Å². The Morgan fingerprint density at radius 1 is 1.10 bits per heavy atom. The molecule has 0 radical (unpaired) electrons. The van der Waals surface area contributed by atoms with Crippen molar-refractivity contribution in [2.75, 3.05) is 6.61 Å². The summed E-state index contributed by atoms with van der Waals surface area (Å²) < 4.78 is 5.85. The van der Waals surface area contributed by atoms with E-state index in [1.807, 2.05) is 12.1 Å². The fourth-order valence-corrected chi connectivity index (χ4v) is 2.76. The van der Waals surface area contributed by atoms with Crippen LogP contribution in [0.1, 0.15) is 70.1 Å². The van der Waals surface area contributed by atoms with E-state index < -0.39 is 6.10 Å². The summed E-state index contributed by atoms with van der Waals surface area (Å²) in [5.41, 5.74) is 2.40. The van der Waals surface area contributed by atoms with Gasteiger partial charge in [-0.25, -0.2) is 0 Å². The Balaban J connectivity index is 1.87. The summed E-state index contributed by atoms with van der Waals surface area (Å²) in [7, 11) is 0. The standard InChI is InChI=1S/C18H28O2/c1-18(2,3)15-11-9-14(10-12-15)17(19)13-20-16-7-5-4-6-8-16/h9-12,16-17,19H,4-8,13H2,1-3H3. The lowest BCUT2D eigenvalue weighted by atomic mass is 9.86. The fourth-order valence-electron chi connectivity index (χ4n) is 2.76. The first kappa shape index (κ1) is 15.5. The zero-order valence-electron chi connectivity index (χ0n) is 13.1. The molecule has 2 nitrogen and oxygen atoms in total. The maximum atomic E-state index is 10.2. The first-order chi connectivity index (χ1) is 9.47. The Morgan fingerprint density at radius 3 is 2.25 bits per heavy atom. The molecular formula is C18H28O2. The van der Waals surface area contributed by atoms with Crippen LogP contribution in [0.5, 0.6) is 0 Å². The summed E-state index contributed by atoms with van der Waals surface area (Å²) in [6.07, 6.45) is 6.00. The SMILES string of the molecule is CC(C)(C)c1ccc(C(O)COC2CCCCC2)cc1. The highest BCUT2D eigenvalue weighted by Gasteiger charge is 2.17. The van der Waals surface area contributed by atoms with Gasteiger partial charge in [0.05, 0.1) is 12.7 Å². The maximum Gasteiger partial charge on any atom is 0.102 e. The van der Waals surface area contributed by atoms with E-state index >= 15 is 0 Å². The summed E-state index contributed by atoms with van der Waals surface area (Å²) in [6, 6.07) is 8.27. The van der Waals surface area contributed by atoms with E-state index in [2.05, 4.69) is 32.9 Å². The first-order valence-electron chi connectivity index (χ1n) is 7.87. The average Bonchev–Trinajstić information content (AvgIpc) is 2.45. The monoisotopic (exact) mass is 276 g/mol. The number of ether oxygens (including phenoxy) is 1. The molecule has 0 amide bonds. The van der Waals surface area contributed by atoms with Gasteiger partial charge in [-0.3, -0.25) is 0 Å². The molecule has 0 spiro atoms. The van der Waals surface area contributed by atoms with Crippen molar-refractivity contribution < 1.29 is 9.84 Å². The van der Waals surface area contributed by atoms with E-state index in [0.717, 1.165) is 18.4 Å². The van der Waals surface area contributed by atoms with E-state index in [1.54, 1.807) is 0 Å². The van der Waals surface area contributed by atoms with Gasteiger partial charge in [-0.05, 0) is 29.4 Å². The molecule has 1 saturated carbocycles. The van der Waals surface area contributed by atoms with Crippen molar-refractivity contribution in [3.05, 3.63) is 35.4 Å². The molecule has 1 aliphatic rings. The first-order valence-corrected chi connectivity index (χ1v) is 7.87. The van der Waals surface area contributed by atoms with Crippen LogP contribution in [0.2, 0.25) is 0 Å². The largest absolute Gasteiger partial charge is 0.386 e. The van der Waals surface area contributed by atoms with Crippen LogP contribution in [0.3, 0.4) is 0 Å². The second-order valence-corrected chi connectivity index (χ2v) is 6.98. The van der Waals surface area contributed by atoms with Crippen LogP contribution in [-0.4, -0.2) is 17.8 Å². The number of aliphatic hydroxyl groups excluding tert-OH is 1. The third-order valence-electron chi connectivity index (χ3n) is 4.20. The summed E-state index contributed by atoms with van der Waals surface area (Å²) in [5.74, 6) is 0. The normalized spacial score (nSPS) is 19.0. The van der Waals surface area contributed by atoms with Gasteiger partial charge in [0, 0.05) is 0 Å². The Labute approximate surface area is 123 Å². The molecule has 1 aromatic carbocycles. The third kappa shape index (κ3) is 4.32. The molecule has 0 aromatic heterocycles. The molecule has 1 atom stereocenters. The minimum Gasteiger partial charge on any atom is -0.386 e. The molecule has 112 valence electrons. The minimum absolute atomic E-state index is 0.155. The van der Waals surface area contributed by atoms with Crippen LogP contribution in [0, 0.1) is 0 Å². The van der Waals surface area contributed by atoms with Gasteiger partial charge in [0.2, 0.25) is 0 Å². The smallest absolute Gasteiger partial charge is 0.102 e. The quantitative estimate of drug-likeness (QED) is 0.885. The number of benzene rings is 1. The molecule has 1 unspecified atom stereocenters. The van der Waals surface area contributed by atoms with Crippen molar-refractivity contribution in [2.45, 2.75) is 70.5 Å². The minimum atomic E-state index is -0.508. The zero-order valence-corrected chi connectivity index (χ0v) is 13.1. The predicted molar refractivity (Wildman–Crippen MR) is 82.9 cm³/mol. The van der Waals surface area contributed by atoms with Crippen molar-refractivity contribution in [1.82, 2.24) is 0 Å². The molecule has 0 aliphatic heterocycles. The van der Waals surface area contributed by atoms with Crippen LogP contribution in [0.25, 0.3) is 0 Å².